The molecule has 2 atom stereocenters. The molecule has 0 aromatic heterocycles. The lowest BCUT2D eigenvalue weighted by atomic mass is 9.97. The Morgan fingerprint density at radius 3 is 2.50 bits per heavy atom. The summed E-state index contributed by atoms with van der Waals surface area (Å²) in [5.41, 5.74) is 0. The Kier molecular flexibility index (Phi) is 1.69. The molecular formula is C9H17N. The first kappa shape index (κ1) is 6.66. The molecule has 2 rings (SSSR count). The fraction of sp³-hybridized carbons (Fsp3) is 1.00. The molecule has 0 bridgehead atoms. The van der Waals surface area contributed by atoms with E-state index in [9.17, 15) is 0 Å². The molecule has 0 spiro atoms. The summed E-state index contributed by atoms with van der Waals surface area (Å²) in [6, 6.07) is 1.68. The second-order valence-corrected chi connectivity index (χ2v) is 3.94. The van der Waals surface area contributed by atoms with Crippen LogP contribution >= 0.6 is 0 Å². The number of hydrogen-bond donors (Lipinski definition) is 1. The zero-order valence-electron chi connectivity index (χ0n) is 6.77. The van der Waals surface area contributed by atoms with Crippen molar-refractivity contribution in [3.8, 4) is 0 Å². The van der Waals surface area contributed by atoms with Crippen molar-refractivity contribution in [2.75, 3.05) is 0 Å². The van der Waals surface area contributed by atoms with Gasteiger partial charge in [0.2, 0.25) is 0 Å². The normalized spacial score (nSPS) is 41.7. The van der Waals surface area contributed by atoms with Crippen LogP contribution < -0.4 is 5.32 Å². The SMILES string of the molecule is CC1CCCC(C2CC2)N1. The van der Waals surface area contributed by atoms with Gasteiger partial charge in [0.05, 0.1) is 0 Å². The van der Waals surface area contributed by atoms with E-state index in [0.29, 0.717) is 0 Å². The highest BCUT2D eigenvalue weighted by Crippen LogP contribution is 2.36. The molecule has 1 saturated heterocycles. The van der Waals surface area contributed by atoms with Crippen molar-refractivity contribution in [3.05, 3.63) is 0 Å². The van der Waals surface area contributed by atoms with Crippen molar-refractivity contribution in [3.63, 3.8) is 0 Å². The fourth-order valence-corrected chi connectivity index (χ4v) is 2.05. The van der Waals surface area contributed by atoms with E-state index in [-0.39, 0.29) is 0 Å². The van der Waals surface area contributed by atoms with Gasteiger partial charge in [0.1, 0.15) is 0 Å². The van der Waals surface area contributed by atoms with E-state index in [0.717, 1.165) is 18.0 Å². The van der Waals surface area contributed by atoms with E-state index in [2.05, 4.69) is 12.2 Å². The number of piperidine rings is 1. The van der Waals surface area contributed by atoms with Gasteiger partial charge in [0.25, 0.3) is 0 Å². The Balaban J connectivity index is 1.84. The van der Waals surface area contributed by atoms with Crippen molar-refractivity contribution in [1.29, 1.82) is 0 Å². The lowest BCUT2D eigenvalue weighted by Gasteiger charge is -2.28. The second-order valence-electron chi connectivity index (χ2n) is 3.94. The van der Waals surface area contributed by atoms with E-state index in [1.807, 2.05) is 0 Å². The maximum absolute atomic E-state index is 3.68. The lowest BCUT2D eigenvalue weighted by Crippen LogP contribution is -2.41. The standard InChI is InChI=1S/C9H17N/c1-7-3-2-4-9(10-7)8-5-6-8/h7-10H,2-6H2,1H3. The van der Waals surface area contributed by atoms with E-state index >= 15 is 0 Å². The van der Waals surface area contributed by atoms with Crippen LogP contribution in [0.1, 0.15) is 39.0 Å². The molecule has 1 aliphatic carbocycles. The van der Waals surface area contributed by atoms with Gasteiger partial charge in [-0.3, -0.25) is 0 Å². The topological polar surface area (TPSA) is 12.0 Å². The van der Waals surface area contributed by atoms with Crippen LogP contribution in [0.4, 0.5) is 0 Å². The van der Waals surface area contributed by atoms with Crippen LogP contribution in [-0.2, 0) is 0 Å². The second kappa shape index (κ2) is 2.54. The summed E-state index contributed by atoms with van der Waals surface area (Å²) in [6.45, 7) is 2.31. The third-order valence-corrected chi connectivity index (χ3v) is 2.84. The first-order chi connectivity index (χ1) is 4.86. The molecule has 2 fully saturated rings. The molecule has 1 saturated carbocycles. The van der Waals surface area contributed by atoms with Crippen molar-refractivity contribution in [2.24, 2.45) is 5.92 Å². The van der Waals surface area contributed by atoms with Crippen LogP contribution in [0, 0.1) is 5.92 Å². The fourth-order valence-electron chi connectivity index (χ4n) is 2.05. The molecule has 2 unspecified atom stereocenters. The first-order valence-electron chi connectivity index (χ1n) is 4.62. The minimum Gasteiger partial charge on any atom is -0.311 e. The van der Waals surface area contributed by atoms with Gasteiger partial charge in [-0.2, -0.15) is 0 Å². The summed E-state index contributed by atoms with van der Waals surface area (Å²) < 4.78 is 0. The maximum atomic E-state index is 3.68. The predicted octanol–water partition coefficient (Wildman–Crippen LogP) is 1.93. The molecule has 10 heavy (non-hydrogen) atoms. The predicted molar refractivity (Wildman–Crippen MR) is 43.0 cm³/mol. The van der Waals surface area contributed by atoms with Gasteiger partial charge in [-0.1, -0.05) is 6.42 Å². The molecule has 1 heterocycles. The molecule has 0 radical (unpaired) electrons. The van der Waals surface area contributed by atoms with Crippen LogP contribution in [0.15, 0.2) is 0 Å². The van der Waals surface area contributed by atoms with Gasteiger partial charge in [-0.25, -0.2) is 0 Å². The van der Waals surface area contributed by atoms with Crippen molar-refractivity contribution in [2.45, 2.75) is 51.1 Å². The summed E-state index contributed by atoms with van der Waals surface area (Å²) in [5, 5.41) is 3.68. The van der Waals surface area contributed by atoms with E-state index in [1.165, 1.54) is 32.1 Å². The van der Waals surface area contributed by atoms with Gasteiger partial charge in [0, 0.05) is 12.1 Å². The lowest BCUT2D eigenvalue weighted by molar-refractivity contribution is 0.310. The van der Waals surface area contributed by atoms with Gasteiger partial charge in [-0.15, -0.1) is 0 Å². The summed E-state index contributed by atoms with van der Waals surface area (Å²) >= 11 is 0. The minimum absolute atomic E-state index is 0.791. The van der Waals surface area contributed by atoms with Crippen molar-refractivity contribution >= 4 is 0 Å². The van der Waals surface area contributed by atoms with E-state index in [4.69, 9.17) is 0 Å². The summed E-state index contributed by atoms with van der Waals surface area (Å²) in [4.78, 5) is 0. The molecule has 0 aromatic carbocycles. The summed E-state index contributed by atoms with van der Waals surface area (Å²) in [5.74, 6) is 1.06. The minimum atomic E-state index is 0.791. The number of rotatable bonds is 1. The Morgan fingerprint density at radius 2 is 1.90 bits per heavy atom. The van der Waals surface area contributed by atoms with Gasteiger partial charge in [0.15, 0.2) is 0 Å². The van der Waals surface area contributed by atoms with Crippen LogP contribution in [-0.4, -0.2) is 12.1 Å². The number of nitrogens with one attached hydrogen (secondary N) is 1. The smallest absolute Gasteiger partial charge is 0.00978 e. The van der Waals surface area contributed by atoms with Crippen LogP contribution in [0.3, 0.4) is 0 Å². The Labute approximate surface area is 63.2 Å². The molecular weight excluding hydrogens is 122 g/mol. The molecule has 2 aliphatic rings. The van der Waals surface area contributed by atoms with Crippen LogP contribution in [0.25, 0.3) is 0 Å². The quantitative estimate of drug-likeness (QED) is 0.585. The maximum Gasteiger partial charge on any atom is 0.00978 e. The monoisotopic (exact) mass is 139 g/mol. The largest absolute Gasteiger partial charge is 0.311 e. The molecule has 1 nitrogen and oxygen atoms in total. The zero-order valence-corrected chi connectivity index (χ0v) is 6.77. The molecule has 1 heteroatoms. The third-order valence-electron chi connectivity index (χ3n) is 2.84. The average Bonchev–Trinajstić information content (AvgIpc) is 2.68. The summed E-state index contributed by atoms with van der Waals surface area (Å²) in [7, 11) is 0. The Morgan fingerprint density at radius 1 is 1.10 bits per heavy atom. The Hall–Kier alpha value is -0.0400. The molecule has 1 aliphatic heterocycles. The molecule has 0 amide bonds. The highest BCUT2D eigenvalue weighted by Gasteiger charge is 2.32. The van der Waals surface area contributed by atoms with Crippen molar-refractivity contribution < 1.29 is 0 Å². The van der Waals surface area contributed by atoms with Crippen LogP contribution in [0.5, 0.6) is 0 Å². The molecule has 58 valence electrons. The highest BCUT2D eigenvalue weighted by atomic mass is 15.0. The van der Waals surface area contributed by atoms with E-state index in [1.54, 1.807) is 0 Å². The highest BCUT2D eigenvalue weighted by molar-refractivity contribution is 4.90. The van der Waals surface area contributed by atoms with Gasteiger partial charge in [-0.05, 0) is 38.5 Å². The average molecular weight is 139 g/mol. The van der Waals surface area contributed by atoms with Gasteiger partial charge < -0.3 is 5.32 Å². The summed E-state index contributed by atoms with van der Waals surface area (Å²) in [6.07, 6.45) is 7.27. The van der Waals surface area contributed by atoms with Crippen molar-refractivity contribution in [1.82, 2.24) is 5.32 Å². The van der Waals surface area contributed by atoms with E-state index < -0.39 is 0 Å². The number of hydrogen-bond acceptors (Lipinski definition) is 1. The Bertz CT molecular complexity index is 118. The zero-order chi connectivity index (χ0) is 6.97. The van der Waals surface area contributed by atoms with Crippen LogP contribution in [0.2, 0.25) is 0 Å². The third kappa shape index (κ3) is 1.34. The molecule has 1 N–H and O–H groups in total. The first-order valence-corrected chi connectivity index (χ1v) is 4.62. The molecule has 0 aromatic rings. The van der Waals surface area contributed by atoms with Gasteiger partial charge >= 0.3 is 0 Å².